The molecule has 0 radical (unpaired) electrons. The fourth-order valence-electron chi connectivity index (χ4n) is 1.55. The zero-order chi connectivity index (χ0) is 11.2. The Kier molecular flexibility index (Phi) is 4.00. The molecule has 0 saturated heterocycles. The van der Waals surface area contributed by atoms with E-state index in [2.05, 4.69) is 48.0 Å². The molecule has 0 N–H and O–H groups in total. The molecule has 0 unspecified atom stereocenters. The average molecular weight is 232 g/mol. The van der Waals surface area contributed by atoms with Gasteiger partial charge in [0.1, 0.15) is 5.75 Å². The maximum Gasteiger partial charge on any atom is 0.119 e. The largest absolute Gasteiger partial charge is 0.494 e. The van der Waals surface area contributed by atoms with Crippen LogP contribution in [0.15, 0.2) is 41.1 Å². The molecule has 84 valence electrons. The minimum atomic E-state index is 0.796. The van der Waals surface area contributed by atoms with Crippen molar-refractivity contribution < 1.29 is 4.74 Å². The molecule has 2 heteroatoms. The Morgan fingerprint density at radius 2 is 1.88 bits per heavy atom. The molecule has 0 amide bonds. The highest BCUT2D eigenvalue weighted by Crippen LogP contribution is 2.16. The van der Waals surface area contributed by atoms with Crippen LogP contribution in [0.4, 0.5) is 0 Å². The van der Waals surface area contributed by atoms with Gasteiger partial charge in [0.2, 0.25) is 0 Å². The molecule has 2 aromatic rings. The highest BCUT2D eigenvalue weighted by molar-refractivity contribution is 7.07. The Morgan fingerprint density at radius 1 is 1.06 bits per heavy atom. The summed E-state index contributed by atoms with van der Waals surface area (Å²) in [5, 5.41) is 4.32. The molecule has 0 aliphatic carbocycles. The van der Waals surface area contributed by atoms with Gasteiger partial charge in [-0.3, -0.25) is 0 Å². The number of hydrogen-bond acceptors (Lipinski definition) is 2. The zero-order valence-corrected chi connectivity index (χ0v) is 10.3. The monoisotopic (exact) mass is 232 g/mol. The summed E-state index contributed by atoms with van der Waals surface area (Å²) in [4.78, 5) is 0. The average Bonchev–Trinajstić information content (AvgIpc) is 2.81. The molecule has 1 nitrogen and oxygen atoms in total. The molecule has 2 rings (SSSR count). The van der Waals surface area contributed by atoms with Crippen LogP contribution < -0.4 is 4.74 Å². The second-order valence-electron chi connectivity index (χ2n) is 3.80. The summed E-state index contributed by atoms with van der Waals surface area (Å²) in [6.07, 6.45) is 2.06. The van der Waals surface area contributed by atoms with E-state index in [-0.39, 0.29) is 0 Å². The van der Waals surface area contributed by atoms with Crippen molar-refractivity contribution in [2.75, 3.05) is 6.61 Å². The number of ether oxygens (including phenoxy) is 1. The topological polar surface area (TPSA) is 9.23 Å². The van der Waals surface area contributed by atoms with Crippen LogP contribution in [0.1, 0.15) is 24.5 Å². The molecule has 0 saturated carbocycles. The normalized spacial score (nSPS) is 10.3. The van der Waals surface area contributed by atoms with Gasteiger partial charge in [0.05, 0.1) is 6.61 Å². The first-order valence-corrected chi connectivity index (χ1v) is 6.55. The van der Waals surface area contributed by atoms with Crippen molar-refractivity contribution in [1.82, 2.24) is 0 Å². The fourth-order valence-corrected chi connectivity index (χ4v) is 2.22. The van der Waals surface area contributed by atoms with Crippen LogP contribution in [-0.4, -0.2) is 6.61 Å². The smallest absolute Gasteiger partial charge is 0.119 e. The number of thiophene rings is 1. The first-order chi connectivity index (χ1) is 7.88. The SMILES string of the molecule is CCCOc1ccc(Cc2ccsc2)cc1. The molecule has 16 heavy (non-hydrogen) atoms. The van der Waals surface area contributed by atoms with Crippen LogP contribution in [0.2, 0.25) is 0 Å². The summed E-state index contributed by atoms with van der Waals surface area (Å²) in [5.74, 6) is 0.968. The third-order valence-corrected chi connectivity index (χ3v) is 3.12. The molecule has 1 heterocycles. The summed E-state index contributed by atoms with van der Waals surface area (Å²) in [5.41, 5.74) is 2.72. The highest BCUT2D eigenvalue weighted by atomic mass is 32.1. The van der Waals surface area contributed by atoms with Crippen LogP contribution in [0, 0.1) is 0 Å². The molecule has 1 aromatic carbocycles. The lowest BCUT2D eigenvalue weighted by Crippen LogP contribution is -1.95. The van der Waals surface area contributed by atoms with Crippen LogP contribution in [0.5, 0.6) is 5.75 Å². The number of rotatable bonds is 5. The lowest BCUT2D eigenvalue weighted by molar-refractivity contribution is 0.317. The van der Waals surface area contributed by atoms with Gasteiger partial charge in [0.25, 0.3) is 0 Å². The van der Waals surface area contributed by atoms with E-state index >= 15 is 0 Å². The predicted molar refractivity (Wildman–Crippen MR) is 69.4 cm³/mol. The summed E-state index contributed by atoms with van der Waals surface area (Å²) in [6.45, 7) is 2.91. The third kappa shape index (κ3) is 3.11. The Morgan fingerprint density at radius 3 is 2.50 bits per heavy atom. The van der Waals surface area contributed by atoms with Crippen LogP contribution in [0.25, 0.3) is 0 Å². The van der Waals surface area contributed by atoms with E-state index in [1.165, 1.54) is 11.1 Å². The van der Waals surface area contributed by atoms with Gasteiger partial charge in [0.15, 0.2) is 0 Å². The maximum absolute atomic E-state index is 5.55. The van der Waals surface area contributed by atoms with Gasteiger partial charge in [-0.05, 0) is 52.9 Å². The zero-order valence-electron chi connectivity index (χ0n) is 9.48. The van der Waals surface area contributed by atoms with Crippen molar-refractivity contribution in [1.29, 1.82) is 0 Å². The Hall–Kier alpha value is -1.28. The number of benzene rings is 1. The standard InChI is InChI=1S/C14H16OS/c1-2-8-15-14-5-3-12(4-6-14)10-13-7-9-16-11-13/h3-7,9,11H,2,8,10H2,1H3. The summed E-state index contributed by atoms with van der Waals surface area (Å²) < 4.78 is 5.55. The molecular formula is C14H16OS. The van der Waals surface area contributed by atoms with Crippen molar-refractivity contribution >= 4 is 11.3 Å². The van der Waals surface area contributed by atoms with Crippen molar-refractivity contribution in [3.8, 4) is 5.75 Å². The van der Waals surface area contributed by atoms with Crippen molar-refractivity contribution in [3.63, 3.8) is 0 Å². The predicted octanol–water partition coefficient (Wildman–Crippen LogP) is 4.13. The highest BCUT2D eigenvalue weighted by Gasteiger charge is 1.97. The molecule has 1 aromatic heterocycles. The molecule has 0 atom stereocenters. The first-order valence-electron chi connectivity index (χ1n) is 5.61. The van der Waals surface area contributed by atoms with Crippen molar-refractivity contribution in [2.45, 2.75) is 19.8 Å². The molecule has 0 spiro atoms. The van der Waals surface area contributed by atoms with E-state index in [1.807, 2.05) is 0 Å². The van der Waals surface area contributed by atoms with E-state index in [0.29, 0.717) is 0 Å². The van der Waals surface area contributed by atoms with Crippen molar-refractivity contribution in [3.05, 3.63) is 52.2 Å². The molecule has 0 fully saturated rings. The minimum absolute atomic E-state index is 0.796. The van der Waals surface area contributed by atoms with Crippen molar-refractivity contribution in [2.24, 2.45) is 0 Å². The van der Waals surface area contributed by atoms with E-state index in [0.717, 1.165) is 25.2 Å². The van der Waals surface area contributed by atoms with Gasteiger partial charge in [-0.15, -0.1) is 0 Å². The van der Waals surface area contributed by atoms with Crippen LogP contribution >= 0.6 is 11.3 Å². The maximum atomic E-state index is 5.55. The van der Waals surface area contributed by atoms with Gasteiger partial charge in [0, 0.05) is 0 Å². The van der Waals surface area contributed by atoms with Gasteiger partial charge in [-0.2, -0.15) is 11.3 Å². The van der Waals surface area contributed by atoms with E-state index in [1.54, 1.807) is 11.3 Å². The quantitative estimate of drug-likeness (QED) is 0.753. The van der Waals surface area contributed by atoms with Crippen LogP contribution in [-0.2, 0) is 6.42 Å². The Balaban J connectivity index is 1.96. The Labute approximate surface area is 101 Å². The summed E-state index contributed by atoms with van der Waals surface area (Å²) in [6, 6.07) is 10.6. The van der Waals surface area contributed by atoms with Crippen LogP contribution in [0.3, 0.4) is 0 Å². The number of hydrogen-bond donors (Lipinski definition) is 0. The second kappa shape index (κ2) is 5.71. The first kappa shape index (κ1) is 11.2. The fraction of sp³-hybridized carbons (Fsp3) is 0.286. The molecule has 0 aliphatic rings. The van der Waals surface area contributed by atoms with E-state index < -0.39 is 0 Å². The molecular weight excluding hydrogens is 216 g/mol. The van der Waals surface area contributed by atoms with Gasteiger partial charge in [-0.25, -0.2) is 0 Å². The van der Waals surface area contributed by atoms with E-state index in [4.69, 9.17) is 4.74 Å². The molecule has 0 aliphatic heterocycles. The molecule has 0 bridgehead atoms. The lowest BCUT2D eigenvalue weighted by Gasteiger charge is -2.05. The Bertz CT molecular complexity index is 403. The lowest BCUT2D eigenvalue weighted by atomic mass is 10.1. The second-order valence-corrected chi connectivity index (χ2v) is 4.58. The minimum Gasteiger partial charge on any atom is -0.494 e. The summed E-state index contributed by atoms with van der Waals surface area (Å²) in [7, 11) is 0. The summed E-state index contributed by atoms with van der Waals surface area (Å²) >= 11 is 1.75. The van der Waals surface area contributed by atoms with Gasteiger partial charge < -0.3 is 4.74 Å². The van der Waals surface area contributed by atoms with Gasteiger partial charge >= 0.3 is 0 Å². The van der Waals surface area contributed by atoms with E-state index in [9.17, 15) is 0 Å². The van der Waals surface area contributed by atoms with Gasteiger partial charge in [-0.1, -0.05) is 19.1 Å². The third-order valence-electron chi connectivity index (χ3n) is 2.38.